The van der Waals surface area contributed by atoms with Crippen molar-refractivity contribution in [2.24, 2.45) is 0 Å². The van der Waals surface area contributed by atoms with Gasteiger partial charge in [0.15, 0.2) is 5.82 Å². The predicted octanol–water partition coefficient (Wildman–Crippen LogP) is 9.83. The molecule has 44 heavy (non-hydrogen) atoms. The number of aromatic nitrogens is 3. The van der Waals surface area contributed by atoms with Crippen LogP contribution in [0.15, 0.2) is 138 Å². The number of para-hydroxylation sites is 3. The largest absolute Gasteiger partial charge is 0.456 e. The van der Waals surface area contributed by atoms with Gasteiger partial charge in [-0.1, -0.05) is 66.7 Å². The summed E-state index contributed by atoms with van der Waals surface area (Å²) in [6.45, 7) is 0. The molecule has 0 aliphatic rings. The molecule has 0 atom stereocenters. The minimum Gasteiger partial charge on any atom is -0.456 e. The maximum atomic E-state index is 9.27. The summed E-state index contributed by atoms with van der Waals surface area (Å²) < 4.78 is 8.55. The molecule has 0 saturated heterocycles. The van der Waals surface area contributed by atoms with E-state index in [0.717, 1.165) is 71.8 Å². The Morgan fingerprint density at radius 2 is 1.25 bits per heavy atom. The monoisotopic (exact) mass is 562 g/mol. The topological polar surface area (TPSA) is 67.6 Å². The van der Waals surface area contributed by atoms with Gasteiger partial charge in [-0.05, 0) is 66.7 Å². The first kappa shape index (κ1) is 24.4. The van der Waals surface area contributed by atoms with E-state index in [9.17, 15) is 5.26 Å². The summed E-state index contributed by atoms with van der Waals surface area (Å²) in [4.78, 5) is 9.97. The van der Waals surface area contributed by atoms with E-state index in [1.54, 1.807) is 0 Å². The molecule has 0 aliphatic carbocycles. The van der Waals surface area contributed by atoms with E-state index in [0.29, 0.717) is 11.4 Å². The van der Waals surface area contributed by atoms with Gasteiger partial charge in [0.25, 0.3) is 0 Å². The normalized spacial score (nSPS) is 11.6. The number of nitrogens with zero attached hydrogens (tertiary/aromatic N) is 4. The standard InChI is InChI=1S/C39H22N4O/c40-23-24-13-15-25(16-14-24)38-30-9-1-4-10-33(30)41-39(42-38)26-17-19-27(20-18-26)43-34-11-5-2-7-28(34)31-22-37-32(21-35(31)43)29-8-3-6-12-36(29)44-37/h1-22H. The summed E-state index contributed by atoms with van der Waals surface area (Å²) in [6.07, 6.45) is 0. The Labute approximate surface area is 251 Å². The van der Waals surface area contributed by atoms with Gasteiger partial charge in [-0.15, -0.1) is 0 Å². The van der Waals surface area contributed by atoms with Gasteiger partial charge in [0.05, 0.1) is 33.9 Å². The maximum absolute atomic E-state index is 9.27. The second-order valence-electron chi connectivity index (χ2n) is 11.0. The molecule has 0 amide bonds. The van der Waals surface area contributed by atoms with E-state index < -0.39 is 0 Å². The zero-order valence-electron chi connectivity index (χ0n) is 23.4. The van der Waals surface area contributed by atoms with Gasteiger partial charge in [0.2, 0.25) is 0 Å². The molecule has 5 nitrogen and oxygen atoms in total. The second kappa shape index (κ2) is 9.38. The summed E-state index contributed by atoms with van der Waals surface area (Å²) in [5.41, 5.74) is 9.32. The molecule has 9 rings (SSSR count). The Morgan fingerprint density at radius 3 is 2.07 bits per heavy atom. The average Bonchev–Trinajstić information content (AvgIpc) is 3.61. The number of hydrogen-bond donors (Lipinski definition) is 0. The van der Waals surface area contributed by atoms with Crippen molar-refractivity contribution in [3.05, 3.63) is 139 Å². The van der Waals surface area contributed by atoms with Gasteiger partial charge in [0, 0.05) is 43.7 Å². The Bertz CT molecular complexity index is 2600. The summed E-state index contributed by atoms with van der Waals surface area (Å²) >= 11 is 0. The lowest BCUT2D eigenvalue weighted by molar-refractivity contribution is 0.669. The molecule has 9 aromatic rings. The van der Waals surface area contributed by atoms with E-state index in [2.05, 4.69) is 83.4 Å². The van der Waals surface area contributed by atoms with Crippen molar-refractivity contribution >= 4 is 54.6 Å². The average molecular weight is 563 g/mol. The van der Waals surface area contributed by atoms with Crippen LogP contribution < -0.4 is 0 Å². The van der Waals surface area contributed by atoms with Crippen molar-refractivity contribution in [2.45, 2.75) is 0 Å². The lowest BCUT2D eigenvalue weighted by Crippen LogP contribution is -1.97. The van der Waals surface area contributed by atoms with Crippen molar-refractivity contribution in [3.63, 3.8) is 0 Å². The number of nitriles is 1. The minimum atomic E-state index is 0.620. The van der Waals surface area contributed by atoms with Crippen LogP contribution in [0.1, 0.15) is 5.56 Å². The lowest BCUT2D eigenvalue weighted by atomic mass is 10.0. The zero-order valence-corrected chi connectivity index (χ0v) is 23.4. The maximum Gasteiger partial charge on any atom is 0.160 e. The molecule has 0 bridgehead atoms. The third kappa shape index (κ3) is 3.65. The molecule has 0 unspecified atom stereocenters. The Hall–Kier alpha value is -6.25. The molecule has 0 saturated carbocycles. The second-order valence-corrected chi connectivity index (χ2v) is 11.0. The molecule has 0 spiro atoms. The summed E-state index contributed by atoms with van der Waals surface area (Å²) in [6, 6.07) is 47.4. The first-order valence-corrected chi connectivity index (χ1v) is 14.5. The molecule has 3 aromatic heterocycles. The highest BCUT2D eigenvalue weighted by molar-refractivity contribution is 6.17. The first-order chi connectivity index (χ1) is 21.7. The summed E-state index contributed by atoms with van der Waals surface area (Å²) in [5, 5.41) is 14.8. The molecular weight excluding hydrogens is 540 g/mol. The fraction of sp³-hybridized carbons (Fsp3) is 0. The highest BCUT2D eigenvalue weighted by Crippen LogP contribution is 2.38. The van der Waals surface area contributed by atoms with Crippen LogP contribution in [0.2, 0.25) is 0 Å². The Kier molecular flexibility index (Phi) is 5.19. The summed E-state index contributed by atoms with van der Waals surface area (Å²) in [5.74, 6) is 0.656. The minimum absolute atomic E-state index is 0.620. The van der Waals surface area contributed by atoms with Crippen LogP contribution in [0.4, 0.5) is 0 Å². The van der Waals surface area contributed by atoms with Crippen molar-refractivity contribution in [2.75, 3.05) is 0 Å². The molecule has 0 radical (unpaired) electrons. The quantitative estimate of drug-likeness (QED) is 0.215. The lowest BCUT2D eigenvalue weighted by Gasteiger charge is -2.11. The van der Waals surface area contributed by atoms with Crippen molar-refractivity contribution in [1.82, 2.24) is 14.5 Å². The highest BCUT2D eigenvalue weighted by Gasteiger charge is 2.17. The van der Waals surface area contributed by atoms with Gasteiger partial charge in [0.1, 0.15) is 11.2 Å². The van der Waals surface area contributed by atoms with Gasteiger partial charge >= 0.3 is 0 Å². The van der Waals surface area contributed by atoms with Crippen LogP contribution in [-0.2, 0) is 0 Å². The van der Waals surface area contributed by atoms with Gasteiger partial charge < -0.3 is 8.98 Å². The fourth-order valence-corrected chi connectivity index (χ4v) is 6.35. The van der Waals surface area contributed by atoms with Crippen LogP contribution in [0, 0.1) is 11.3 Å². The third-order valence-electron chi connectivity index (χ3n) is 8.45. The molecule has 0 aliphatic heterocycles. The predicted molar refractivity (Wildman–Crippen MR) is 177 cm³/mol. The molecule has 5 heteroatoms. The molecule has 0 fully saturated rings. The number of rotatable bonds is 3. The number of furan rings is 1. The van der Waals surface area contributed by atoms with Crippen LogP contribution in [-0.4, -0.2) is 14.5 Å². The molecule has 204 valence electrons. The van der Waals surface area contributed by atoms with Crippen molar-refractivity contribution in [3.8, 4) is 34.4 Å². The van der Waals surface area contributed by atoms with Crippen molar-refractivity contribution in [1.29, 1.82) is 5.26 Å². The van der Waals surface area contributed by atoms with Gasteiger partial charge in [-0.2, -0.15) is 5.26 Å². The SMILES string of the molecule is N#Cc1ccc(-c2nc(-c3ccc(-n4c5ccccc5c5cc6oc7ccccc7c6cc54)cc3)nc3ccccc23)cc1. The summed E-state index contributed by atoms with van der Waals surface area (Å²) in [7, 11) is 0. The van der Waals surface area contributed by atoms with Crippen molar-refractivity contribution < 1.29 is 4.42 Å². The van der Waals surface area contributed by atoms with Crippen LogP contribution in [0.3, 0.4) is 0 Å². The highest BCUT2D eigenvalue weighted by atomic mass is 16.3. The first-order valence-electron chi connectivity index (χ1n) is 14.5. The van der Waals surface area contributed by atoms with E-state index >= 15 is 0 Å². The van der Waals surface area contributed by atoms with E-state index in [1.165, 1.54) is 5.39 Å². The van der Waals surface area contributed by atoms with Gasteiger partial charge in [-0.3, -0.25) is 0 Å². The number of hydrogen-bond acceptors (Lipinski definition) is 4. The van der Waals surface area contributed by atoms with E-state index in [4.69, 9.17) is 14.4 Å². The number of benzene rings is 6. The molecule has 0 N–H and O–H groups in total. The number of fused-ring (bicyclic) bond motifs is 7. The van der Waals surface area contributed by atoms with Crippen LogP contribution in [0.25, 0.3) is 83.0 Å². The molecule has 6 aromatic carbocycles. The Morgan fingerprint density at radius 1 is 0.545 bits per heavy atom. The van der Waals surface area contributed by atoms with Crippen LogP contribution >= 0.6 is 0 Å². The Balaban J connectivity index is 1.21. The van der Waals surface area contributed by atoms with E-state index in [1.807, 2.05) is 60.7 Å². The van der Waals surface area contributed by atoms with E-state index in [-0.39, 0.29) is 0 Å². The molecule has 3 heterocycles. The fourth-order valence-electron chi connectivity index (χ4n) is 6.35. The third-order valence-corrected chi connectivity index (χ3v) is 8.45. The van der Waals surface area contributed by atoms with Crippen LogP contribution in [0.5, 0.6) is 0 Å². The smallest absolute Gasteiger partial charge is 0.160 e. The van der Waals surface area contributed by atoms with Gasteiger partial charge in [-0.25, -0.2) is 9.97 Å². The molecular formula is C39H22N4O. The zero-order chi connectivity index (χ0) is 29.2.